The van der Waals surface area contributed by atoms with E-state index in [4.69, 9.17) is 16.3 Å². The Hall–Kier alpha value is -2.14. The largest absolute Gasteiger partial charge is 0.481 e. The molecule has 0 atom stereocenters. The SMILES string of the molecule is COc1ccc(-c2nnc(Cl)cc2C)c2cc(C(C)C)nn12. The number of halogens is 1. The van der Waals surface area contributed by atoms with Gasteiger partial charge < -0.3 is 4.74 Å². The van der Waals surface area contributed by atoms with Gasteiger partial charge in [-0.3, -0.25) is 0 Å². The Bertz CT molecular complexity index is 842. The second-order valence-electron chi connectivity index (χ2n) is 5.51. The maximum atomic E-state index is 5.90. The zero-order valence-corrected chi connectivity index (χ0v) is 13.7. The molecule has 6 heteroatoms. The van der Waals surface area contributed by atoms with E-state index in [0.29, 0.717) is 17.0 Å². The average molecular weight is 317 g/mol. The standard InChI is InChI=1S/C16H17ClN4O/c1-9(2)12-8-13-11(5-6-15(22-4)21(13)20-12)16-10(3)7-14(17)18-19-16/h5-9H,1-4H3. The molecule has 3 aromatic rings. The summed E-state index contributed by atoms with van der Waals surface area (Å²) in [6.45, 7) is 6.19. The summed E-state index contributed by atoms with van der Waals surface area (Å²) in [7, 11) is 1.64. The van der Waals surface area contributed by atoms with Crippen LogP contribution in [0.25, 0.3) is 16.8 Å². The third-order valence-corrected chi connectivity index (χ3v) is 3.80. The summed E-state index contributed by atoms with van der Waals surface area (Å²) in [5.41, 5.74) is 4.68. The molecule has 0 unspecified atom stereocenters. The lowest BCUT2D eigenvalue weighted by Gasteiger charge is -2.09. The maximum absolute atomic E-state index is 5.90. The molecule has 5 nitrogen and oxygen atoms in total. The molecule has 3 rings (SSSR count). The highest BCUT2D eigenvalue weighted by Crippen LogP contribution is 2.31. The van der Waals surface area contributed by atoms with Gasteiger partial charge in [-0.2, -0.15) is 5.10 Å². The lowest BCUT2D eigenvalue weighted by atomic mass is 10.1. The first-order valence-electron chi connectivity index (χ1n) is 7.08. The number of rotatable bonds is 3. The van der Waals surface area contributed by atoms with Crippen molar-refractivity contribution >= 4 is 17.1 Å². The van der Waals surface area contributed by atoms with Gasteiger partial charge in [-0.05, 0) is 36.6 Å². The summed E-state index contributed by atoms with van der Waals surface area (Å²) < 4.78 is 7.21. The molecule has 0 amide bonds. The molecule has 0 aromatic carbocycles. The minimum atomic E-state index is 0.329. The molecular weight excluding hydrogens is 300 g/mol. The number of ether oxygens (including phenoxy) is 1. The summed E-state index contributed by atoms with van der Waals surface area (Å²) in [5, 5.41) is 13.2. The van der Waals surface area contributed by atoms with Crippen LogP contribution in [0.5, 0.6) is 5.88 Å². The number of methoxy groups -OCH3 is 1. The van der Waals surface area contributed by atoms with Crippen LogP contribution in [0.2, 0.25) is 5.15 Å². The Labute approximate surface area is 133 Å². The van der Waals surface area contributed by atoms with Crippen molar-refractivity contribution in [3.8, 4) is 17.1 Å². The van der Waals surface area contributed by atoms with Crippen LogP contribution < -0.4 is 4.74 Å². The summed E-state index contributed by atoms with van der Waals surface area (Å²) in [6.07, 6.45) is 0. The van der Waals surface area contributed by atoms with Crippen molar-refractivity contribution < 1.29 is 4.74 Å². The predicted molar refractivity (Wildman–Crippen MR) is 86.6 cm³/mol. The van der Waals surface area contributed by atoms with Gasteiger partial charge in [-0.15, -0.1) is 10.2 Å². The predicted octanol–water partition coefficient (Wildman–Crippen LogP) is 3.89. The van der Waals surface area contributed by atoms with Gasteiger partial charge in [0.05, 0.1) is 24.0 Å². The van der Waals surface area contributed by atoms with E-state index in [-0.39, 0.29) is 0 Å². The van der Waals surface area contributed by atoms with Gasteiger partial charge >= 0.3 is 0 Å². The summed E-state index contributed by atoms with van der Waals surface area (Å²) in [6, 6.07) is 7.74. The first-order chi connectivity index (χ1) is 10.5. The second-order valence-corrected chi connectivity index (χ2v) is 5.90. The molecule has 3 heterocycles. The molecule has 0 bridgehead atoms. The van der Waals surface area contributed by atoms with Gasteiger partial charge in [-0.25, -0.2) is 4.52 Å². The van der Waals surface area contributed by atoms with E-state index in [0.717, 1.165) is 28.0 Å². The fraction of sp³-hybridized carbons (Fsp3) is 0.312. The number of fused-ring (bicyclic) bond motifs is 1. The van der Waals surface area contributed by atoms with Crippen LogP contribution in [0.1, 0.15) is 31.0 Å². The van der Waals surface area contributed by atoms with Crippen LogP contribution in [0, 0.1) is 6.92 Å². The lowest BCUT2D eigenvalue weighted by molar-refractivity contribution is 0.385. The molecule has 3 aromatic heterocycles. The van der Waals surface area contributed by atoms with Crippen molar-refractivity contribution in [2.24, 2.45) is 0 Å². The Balaban J connectivity index is 2.30. The van der Waals surface area contributed by atoms with Gasteiger partial charge in [0.25, 0.3) is 0 Å². The number of aryl methyl sites for hydroxylation is 1. The van der Waals surface area contributed by atoms with Crippen molar-refractivity contribution in [2.75, 3.05) is 7.11 Å². The highest BCUT2D eigenvalue weighted by atomic mass is 35.5. The lowest BCUT2D eigenvalue weighted by Crippen LogP contribution is -1.99. The Morgan fingerprint density at radius 3 is 2.59 bits per heavy atom. The first-order valence-corrected chi connectivity index (χ1v) is 7.46. The number of pyridine rings is 1. The average Bonchev–Trinajstić information content (AvgIpc) is 2.92. The zero-order valence-electron chi connectivity index (χ0n) is 13.0. The van der Waals surface area contributed by atoms with Gasteiger partial charge in [0.15, 0.2) is 5.15 Å². The van der Waals surface area contributed by atoms with Crippen molar-refractivity contribution in [3.63, 3.8) is 0 Å². The van der Waals surface area contributed by atoms with E-state index in [2.05, 4.69) is 35.2 Å². The van der Waals surface area contributed by atoms with Crippen LogP contribution in [0.3, 0.4) is 0 Å². The fourth-order valence-electron chi connectivity index (χ4n) is 2.43. The van der Waals surface area contributed by atoms with Crippen LogP contribution in [0.4, 0.5) is 0 Å². The molecule has 0 aliphatic rings. The molecule has 22 heavy (non-hydrogen) atoms. The third kappa shape index (κ3) is 2.41. The van der Waals surface area contributed by atoms with Crippen molar-refractivity contribution in [1.82, 2.24) is 19.8 Å². The van der Waals surface area contributed by atoms with Crippen LogP contribution in [-0.2, 0) is 0 Å². The molecule has 0 aliphatic heterocycles. The highest BCUT2D eigenvalue weighted by molar-refractivity contribution is 6.29. The summed E-state index contributed by atoms with van der Waals surface area (Å²) in [5.74, 6) is 1.01. The second kappa shape index (κ2) is 5.57. The van der Waals surface area contributed by atoms with E-state index in [9.17, 15) is 0 Å². The Morgan fingerprint density at radius 2 is 1.95 bits per heavy atom. The van der Waals surface area contributed by atoms with Crippen molar-refractivity contribution in [3.05, 3.63) is 40.7 Å². The van der Waals surface area contributed by atoms with Crippen molar-refractivity contribution in [1.29, 1.82) is 0 Å². The Morgan fingerprint density at radius 1 is 1.18 bits per heavy atom. The van der Waals surface area contributed by atoms with Gasteiger partial charge in [-0.1, -0.05) is 25.4 Å². The minimum absolute atomic E-state index is 0.329. The van der Waals surface area contributed by atoms with E-state index >= 15 is 0 Å². The minimum Gasteiger partial charge on any atom is -0.481 e. The van der Waals surface area contributed by atoms with Crippen LogP contribution >= 0.6 is 11.6 Å². The Kier molecular flexibility index (Phi) is 3.74. The number of aromatic nitrogens is 4. The normalized spacial score (nSPS) is 11.4. The van der Waals surface area contributed by atoms with E-state index in [1.807, 2.05) is 25.1 Å². The maximum Gasteiger partial charge on any atom is 0.214 e. The molecule has 0 saturated carbocycles. The van der Waals surface area contributed by atoms with Crippen LogP contribution in [-0.4, -0.2) is 26.9 Å². The molecular formula is C16H17ClN4O. The molecule has 0 aliphatic carbocycles. The molecule has 0 saturated heterocycles. The van der Waals surface area contributed by atoms with Crippen LogP contribution in [0.15, 0.2) is 24.3 Å². The highest BCUT2D eigenvalue weighted by Gasteiger charge is 2.16. The monoisotopic (exact) mass is 316 g/mol. The van der Waals surface area contributed by atoms with Gasteiger partial charge in [0.1, 0.15) is 0 Å². The molecule has 0 fully saturated rings. The number of hydrogen-bond acceptors (Lipinski definition) is 4. The molecule has 0 N–H and O–H groups in total. The topological polar surface area (TPSA) is 52.3 Å². The van der Waals surface area contributed by atoms with E-state index in [1.165, 1.54) is 0 Å². The smallest absolute Gasteiger partial charge is 0.214 e. The van der Waals surface area contributed by atoms with Gasteiger partial charge in [0, 0.05) is 11.6 Å². The molecule has 114 valence electrons. The van der Waals surface area contributed by atoms with E-state index in [1.54, 1.807) is 11.6 Å². The first kappa shape index (κ1) is 14.8. The zero-order chi connectivity index (χ0) is 15.9. The van der Waals surface area contributed by atoms with E-state index < -0.39 is 0 Å². The quantitative estimate of drug-likeness (QED) is 0.735. The summed E-state index contributed by atoms with van der Waals surface area (Å²) >= 11 is 5.90. The van der Waals surface area contributed by atoms with Crippen molar-refractivity contribution in [2.45, 2.75) is 26.7 Å². The third-order valence-electron chi connectivity index (χ3n) is 3.62. The fourth-order valence-corrected chi connectivity index (χ4v) is 2.63. The number of nitrogens with zero attached hydrogens (tertiary/aromatic N) is 4. The molecule has 0 spiro atoms. The number of hydrogen-bond donors (Lipinski definition) is 0. The van der Waals surface area contributed by atoms with Gasteiger partial charge in [0.2, 0.25) is 5.88 Å². The molecule has 0 radical (unpaired) electrons. The summed E-state index contributed by atoms with van der Waals surface area (Å²) in [4.78, 5) is 0.